The molecule has 0 unspecified atom stereocenters. The number of rotatable bonds is 6. The fourth-order valence-corrected chi connectivity index (χ4v) is 1.24. The first kappa shape index (κ1) is 11.7. The maximum Gasteiger partial charge on any atom is 0.129 e. The van der Waals surface area contributed by atoms with Crippen molar-refractivity contribution in [2.24, 2.45) is 0 Å². The standard InChI is InChI=1S/C12H16O3/c1-10(14)4-3-7-15-12-6-2-5-11(8-12)9-13/h2,5-6,8,13H,3-4,7,9H2,1H3. The molecular weight excluding hydrogens is 192 g/mol. The van der Waals surface area contributed by atoms with Crippen LogP contribution in [0.25, 0.3) is 0 Å². The molecule has 1 N–H and O–H groups in total. The molecule has 0 aliphatic heterocycles. The average Bonchev–Trinajstić information content (AvgIpc) is 2.24. The van der Waals surface area contributed by atoms with Crippen molar-refractivity contribution in [3.05, 3.63) is 29.8 Å². The van der Waals surface area contributed by atoms with Crippen LogP contribution < -0.4 is 4.74 Å². The zero-order valence-corrected chi connectivity index (χ0v) is 8.90. The van der Waals surface area contributed by atoms with E-state index in [1.54, 1.807) is 13.0 Å². The molecule has 0 spiro atoms. The quantitative estimate of drug-likeness (QED) is 0.726. The topological polar surface area (TPSA) is 46.5 Å². The fourth-order valence-electron chi connectivity index (χ4n) is 1.24. The minimum atomic E-state index is 0.0185. The van der Waals surface area contributed by atoms with Gasteiger partial charge in [0.05, 0.1) is 13.2 Å². The molecule has 3 nitrogen and oxygen atoms in total. The summed E-state index contributed by atoms with van der Waals surface area (Å²) >= 11 is 0. The van der Waals surface area contributed by atoms with Gasteiger partial charge in [-0.05, 0) is 31.0 Å². The average molecular weight is 208 g/mol. The van der Waals surface area contributed by atoms with Crippen molar-refractivity contribution in [1.82, 2.24) is 0 Å². The fraction of sp³-hybridized carbons (Fsp3) is 0.417. The number of hydrogen-bond donors (Lipinski definition) is 1. The lowest BCUT2D eigenvalue weighted by atomic mass is 10.2. The van der Waals surface area contributed by atoms with Gasteiger partial charge in [0.1, 0.15) is 11.5 Å². The van der Waals surface area contributed by atoms with E-state index < -0.39 is 0 Å². The van der Waals surface area contributed by atoms with Crippen LogP contribution in [0.3, 0.4) is 0 Å². The van der Waals surface area contributed by atoms with Crippen molar-refractivity contribution in [3.8, 4) is 5.75 Å². The molecule has 0 saturated carbocycles. The van der Waals surface area contributed by atoms with Crippen LogP contribution in [0, 0.1) is 0 Å². The Kier molecular flexibility index (Phi) is 4.84. The number of aliphatic hydroxyl groups is 1. The van der Waals surface area contributed by atoms with E-state index in [1.165, 1.54) is 0 Å². The number of ether oxygens (including phenoxy) is 1. The second-order valence-corrected chi connectivity index (χ2v) is 3.46. The third-order valence-corrected chi connectivity index (χ3v) is 2.02. The van der Waals surface area contributed by atoms with Crippen molar-refractivity contribution >= 4 is 5.78 Å². The Balaban J connectivity index is 2.33. The van der Waals surface area contributed by atoms with Gasteiger partial charge in [0.2, 0.25) is 0 Å². The van der Waals surface area contributed by atoms with Gasteiger partial charge in [0.25, 0.3) is 0 Å². The number of aliphatic hydroxyl groups excluding tert-OH is 1. The smallest absolute Gasteiger partial charge is 0.129 e. The Hall–Kier alpha value is -1.35. The molecule has 1 aromatic rings. The highest BCUT2D eigenvalue weighted by Gasteiger charge is 1.97. The van der Waals surface area contributed by atoms with Gasteiger partial charge in [0.15, 0.2) is 0 Å². The summed E-state index contributed by atoms with van der Waals surface area (Å²) < 4.78 is 5.44. The second kappa shape index (κ2) is 6.19. The first-order valence-electron chi connectivity index (χ1n) is 5.04. The van der Waals surface area contributed by atoms with Gasteiger partial charge >= 0.3 is 0 Å². The van der Waals surface area contributed by atoms with Crippen molar-refractivity contribution in [2.75, 3.05) is 6.61 Å². The van der Waals surface area contributed by atoms with Crippen LogP contribution in [0.15, 0.2) is 24.3 Å². The zero-order chi connectivity index (χ0) is 11.1. The molecule has 82 valence electrons. The van der Waals surface area contributed by atoms with Crippen LogP contribution in [-0.2, 0) is 11.4 Å². The van der Waals surface area contributed by atoms with Gasteiger partial charge in [-0.2, -0.15) is 0 Å². The van der Waals surface area contributed by atoms with Gasteiger partial charge < -0.3 is 14.6 Å². The van der Waals surface area contributed by atoms with E-state index in [1.807, 2.05) is 18.2 Å². The van der Waals surface area contributed by atoms with Crippen molar-refractivity contribution in [3.63, 3.8) is 0 Å². The molecule has 15 heavy (non-hydrogen) atoms. The molecular formula is C12H16O3. The van der Waals surface area contributed by atoms with Gasteiger partial charge in [-0.15, -0.1) is 0 Å². The first-order chi connectivity index (χ1) is 7.22. The third kappa shape index (κ3) is 4.61. The van der Waals surface area contributed by atoms with Crippen LogP contribution in [0.5, 0.6) is 5.75 Å². The van der Waals surface area contributed by atoms with E-state index in [-0.39, 0.29) is 12.4 Å². The molecule has 0 heterocycles. The number of ketones is 1. The summed E-state index contributed by atoms with van der Waals surface area (Å²) in [6, 6.07) is 7.31. The molecule has 0 aliphatic rings. The number of benzene rings is 1. The molecule has 0 fully saturated rings. The summed E-state index contributed by atoms with van der Waals surface area (Å²) in [5.41, 5.74) is 0.832. The molecule has 0 amide bonds. The predicted octanol–water partition coefficient (Wildman–Crippen LogP) is 1.93. The van der Waals surface area contributed by atoms with Crippen LogP contribution in [0.1, 0.15) is 25.3 Å². The predicted molar refractivity (Wildman–Crippen MR) is 57.8 cm³/mol. The zero-order valence-electron chi connectivity index (χ0n) is 8.90. The van der Waals surface area contributed by atoms with E-state index >= 15 is 0 Å². The Morgan fingerprint density at radius 2 is 2.27 bits per heavy atom. The maximum atomic E-state index is 10.7. The van der Waals surface area contributed by atoms with E-state index in [9.17, 15) is 4.79 Å². The highest BCUT2D eigenvalue weighted by atomic mass is 16.5. The molecule has 1 rings (SSSR count). The largest absolute Gasteiger partial charge is 0.494 e. The lowest BCUT2D eigenvalue weighted by Crippen LogP contribution is -2.00. The minimum absolute atomic E-state index is 0.0185. The molecule has 1 aromatic carbocycles. The van der Waals surface area contributed by atoms with Gasteiger partial charge in [-0.1, -0.05) is 12.1 Å². The number of carbonyl (C=O) groups is 1. The summed E-state index contributed by atoms with van der Waals surface area (Å²) in [6.07, 6.45) is 1.29. The Morgan fingerprint density at radius 3 is 2.93 bits per heavy atom. The summed E-state index contributed by atoms with van der Waals surface area (Å²) in [7, 11) is 0. The van der Waals surface area contributed by atoms with Gasteiger partial charge in [-0.25, -0.2) is 0 Å². The number of Topliss-reactive ketones (excluding diaryl/α,β-unsaturated/α-hetero) is 1. The van der Waals surface area contributed by atoms with Crippen molar-refractivity contribution < 1.29 is 14.6 Å². The monoisotopic (exact) mass is 208 g/mol. The molecule has 0 saturated heterocycles. The Morgan fingerprint density at radius 1 is 1.47 bits per heavy atom. The summed E-state index contributed by atoms with van der Waals surface area (Å²) in [5.74, 6) is 0.924. The molecule has 0 bridgehead atoms. The molecule has 3 heteroatoms. The van der Waals surface area contributed by atoms with Gasteiger partial charge in [-0.3, -0.25) is 0 Å². The van der Waals surface area contributed by atoms with Crippen LogP contribution in [-0.4, -0.2) is 17.5 Å². The SMILES string of the molecule is CC(=O)CCCOc1cccc(CO)c1. The Labute approximate surface area is 89.7 Å². The second-order valence-electron chi connectivity index (χ2n) is 3.46. The lowest BCUT2D eigenvalue weighted by Gasteiger charge is -2.06. The summed E-state index contributed by atoms with van der Waals surface area (Å²) in [5, 5.41) is 8.91. The molecule has 0 atom stereocenters. The number of carbonyl (C=O) groups excluding carboxylic acids is 1. The highest BCUT2D eigenvalue weighted by Crippen LogP contribution is 2.13. The molecule has 0 radical (unpaired) electrons. The van der Waals surface area contributed by atoms with E-state index in [2.05, 4.69) is 0 Å². The Bertz CT molecular complexity index is 320. The van der Waals surface area contributed by atoms with E-state index in [0.29, 0.717) is 13.0 Å². The van der Waals surface area contributed by atoms with Gasteiger partial charge in [0, 0.05) is 6.42 Å². The van der Waals surface area contributed by atoms with Crippen LogP contribution >= 0.6 is 0 Å². The summed E-state index contributed by atoms with van der Waals surface area (Å²) in [4.78, 5) is 10.7. The normalized spacial score (nSPS) is 10.0. The van der Waals surface area contributed by atoms with Crippen LogP contribution in [0.2, 0.25) is 0 Å². The third-order valence-electron chi connectivity index (χ3n) is 2.02. The molecule has 0 aliphatic carbocycles. The highest BCUT2D eigenvalue weighted by molar-refractivity contribution is 5.75. The molecule has 0 aromatic heterocycles. The van der Waals surface area contributed by atoms with Crippen molar-refractivity contribution in [1.29, 1.82) is 0 Å². The van der Waals surface area contributed by atoms with E-state index in [4.69, 9.17) is 9.84 Å². The first-order valence-corrected chi connectivity index (χ1v) is 5.04. The van der Waals surface area contributed by atoms with E-state index in [0.717, 1.165) is 17.7 Å². The minimum Gasteiger partial charge on any atom is -0.494 e. The number of hydrogen-bond acceptors (Lipinski definition) is 3. The maximum absolute atomic E-state index is 10.7. The lowest BCUT2D eigenvalue weighted by molar-refractivity contribution is -0.117. The summed E-state index contributed by atoms with van der Waals surface area (Å²) in [6.45, 7) is 2.13. The van der Waals surface area contributed by atoms with Crippen molar-refractivity contribution in [2.45, 2.75) is 26.4 Å². The van der Waals surface area contributed by atoms with Crippen LogP contribution in [0.4, 0.5) is 0 Å².